The minimum Gasteiger partial charge on any atom is -0.396 e. The Bertz CT molecular complexity index is 597. The Morgan fingerprint density at radius 1 is 1.36 bits per heavy atom. The molecule has 2 N–H and O–H groups in total. The number of ether oxygens (including phenoxy) is 1. The lowest BCUT2D eigenvalue weighted by molar-refractivity contribution is 0.0698. The van der Waals surface area contributed by atoms with Crippen LogP contribution in [0.4, 0.5) is 0 Å². The van der Waals surface area contributed by atoms with Crippen molar-refractivity contribution < 1.29 is 18.3 Å². The van der Waals surface area contributed by atoms with Crippen LogP contribution in [0.1, 0.15) is 30.3 Å². The average Bonchev–Trinajstić information content (AvgIpc) is 3.17. The van der Waals surface area contributed by atoms with Gasteiger partial charge in [-0.05, 0) is 18.9 Å². The summed E-state index contributed by atoms with van der Waals surface area (Å²) in [6.07, 6.45) is 2.10. The largest absolute Gasteiger partial charge is 0.396 e. The first kappa shape index (κ1) is 15.9. The van der Waals surface area contributed by atoms with Gasteiger partial charge in [-0.25, -0.2) is 0 Å². The van der Waals surface area contributed by atoms with E-state index in [-0.39, 0.29) is 12.6 Å². The minimum atomic E-state index is -3.48. The molecule has 3 rings (SSSR count). The van der Waals surface area contributed by atoms with Gasteiger partial charge in [-0.1, -0.05) is 0 Å². The third kappa shape index (κ3) is 3.04. The quantitative estimate of drug-likeness (QED) is 0.769. The smallest absolute Gasteiger partial charge is 0.282 e. The molecule has 0 aliphatic carbocycles. The topological polar surface area (TPSA) is 98.8 Å². The van der Waals surface area contributed by atoms with E-state index < -0.39 is 10.2 Å². The standard InChI is InChI=1S/C13H22N4O4S/c18-7-3-11-10-12(15-14-11)13-2-1-4-17(13)22(19,20)16-5-8-21-9-6-16/h10,13,18H,1-9H2,(H,14,15)/t13-/m1/s1. The number of nitrogens with one attached hydrogen (secondary N) is 1. The van der Waals surface area contributed by atoms with Gasteiger partial charge >= 0.3 is 0 Å². The molecule has 3 heterocycles. The fourth-order valence-electron chi connectivity index (χ4n) is 3.04. The van der Waals surface area contributed by atoms with Gasteiger partial charge in [-0.2, -0.15) is 22.1 Å². The van der Waals surface area contributed by atoms with Gasteiger partial charge in [-0.15, -0.1) is 0 Å². The van der Waals surface area contributed by atoms with E-state index in [4.69, 9.17) is 9.84 Å². The summed E-state index contributed by atoms with van der Waals surface area (Å²) >= 11 is 0. The van der Waals surface area contributed by atoms with Crippen molar-refractivity contribution >= 4 is 10.2 Å². The molecule has 124 valence electrons. The first-order chi connectivity index (χ1) is 10.6. The highest BCUT2D eigenvalue weighted by Crippen LogP contribution is 2.34. The van der Waals surface area contributed by atoms with Crippen molar-refractivity contribution in [3.63, 3.8) is 0 Å². The van der Waals surface area contributed by atoms with Gasteiger partial charge in [0.2, 0.25) is 0 Å². The second-order valence-corrected chi connectivity index (χ2v) is 7.46. The molecule has 2 fully saturated rings. The molecule has 0 saturated carbocycles. The fraction of sp³-hybridized carbons (Fsp3) is 0.769. The maximum Gasteiger partial charge on any atom is 0.282 e. The highest BCUT2D eigenvalue weighted by Gasteiger charge is 2.40. The fourth-order valence-corrected chi connectivity index (χ4v) is 4.84. The number of aliphatic hydroxyl groups is 1. The molecule has 2 aliphatic rings. The third-order valence-corrected chi connectivity index (χ3v) is 6.22. The first-order valence-corrected chi connectivity index (χ1v) is 9.02. The summed E-state index contributed by atoms with van der Waals surface area (Å²) in [6.45, 7) is 2.26. The zero-order valence-electron chi connectivity index (χ0n) is 12.4. The van der Waals surface area contributed by atoms with Crippen LogP contribution in [0.25, 0.3) is 0 Å². The molecule has 0 unspecified atom stereocenters. The van der Waals surface area contributed by atoms with Crippen molar-refractivity contribution in [2.45, 2.75) is 25.3 Å². The molecule has 22 heavy (non-hydrogen) atoms. The van der Waals surface area contributed by atoms with Crippen molar-refractivity contribution in [3.05, 3.63) is 17.5 Å². The summed E-state index contributed by atoms with van der Waals surface area (Å²) in [5.41, 5.74) is 1.56. The van der Waals surface area contributed by atoms with Crippen LogP contribution in [-0.4, -0.2) is 71.8 Å². The number of morpholine rings is 1. The van der Waals surface area contributed by atoms with E-state index in [9.17, 15) is 8.42 Å². The van der Waals surface area contributed by atoms with Crippen LogP contribution in [0, 0.1) is 0 Å². The molecule has 9 heteroatoms. The Labute approximate surface area is 130 Å². The summed E-state index contributed by atoms with van der Waals surface area (Å²) < 4.78 is 33.9. The highest BCUT2D eigenvalue weighted by molar-refractivity contribution is 7.86. The molecule has 0 aromatic carbocycles. The van der Waals surface area contributed by atoms with Crippen molar-refractivity contribution in [2.24, 2.45) is 0 Å². The van der Waals surface area contributed by atoms with E-state index in [1.54, 1.807) is 4.31 Å². The maximum atomic E-state index is 12.8. The summed E-state index contributed by atoms with van der Waals surface area (Å²) in [5.74, 6) is 0. The molecule has 0 amide bonds. The monoisotopic (exact) mass is 330 g/mol. The molecule has 1 atom stereocenters. The van der Waals surface area contributed by atoms with Crippen LogP contribution < -0.4 is 0 Å². The van der Waals surface area contributed by atoms with E-state index in [1.807, 2.05) is 6.07 Å². The lowest BCUT2D eigenvalue weighted by atomic mass is 10.1. The van der Waals surface area contributed by atoms with E-state index in [0.717, 1.165) is 24.2 Å². The zero-order valence-corrected chi connectivity index (χ0v) is 13.3. The van der Waals surface area contributed by atoms with Gasteiger partial charge in [0.25, 0.3) is 10.2 Å². The van der Waals surface area contributed by atoms with E-state index >= 15 is 0 Å². The molecule has 1 aromatic rings. The van der Waals surface area contributed by atoms with Crippen LogP contribution in [0.2, 0.25) is 0 Å². The SMILES string of the molecule is O=S(=O)(N1CCOCC1)N1CCC[C@@H]1c1cc(CCO)[nH]n1. The van der Waals surface area contributed by atoms with Crippen LogP contribution in [-0.2, 0) is 21.4 Å². The van der Waals surface area contributed by atoms with E-state index in [2.05, 4.69) is 10.2 Å². The van der Waals surface area contributed by atoms with E-state index in [0.29, 0.717) is 39.3 Å². The van der Waals surface area contributed by atoms with Gasteiger partial charge in [0.15, 0.2) is 0 Å². The Balaban J connectivity index is 1.79. The van der Waals surface area contributed by atoms with Gasteiger partial charge in [0.05, 0.1) is 24.9 Å². The predicted molar refractivity (Wildman–Crippen MR) is 79.4 cm³/mol. The number of aliphatic hydroxyl groups excluding tert-OH is 1. The lowest BCUT2D eigenvalue weighted by Gasteiger charge is -2.32. The van der Waals surface area contributed by atoms with Gasteiger partial charge in [0.1, 0.15) is 0 Å². The van der Waals surface area contributed by atoms with Crippen LogP contribution >= 0.6 is 0 Å². The molecule has 8 nitrogen and oxygen atoms in total. The zero-order chi connectivity index (χ0) is 15.6. The minimum absolute atomic E-state index is 0.0437. The highest BCUT2D eigenvalue weighted by atomic mass is 32.2. The number of rotatable bonds is 5. The lowest BCUT2D eigenvalue weighted by Crippen LogP contribution is -2.48. The molecule has 0 spiro atoms. The first-order valence-electron chi connectivity index (χ1n) is 7.62. The number of aromatic nitrogens is 2. The molecular formula is C13H22N4O4S. The number of hydrogen-bond donors (Lipinski definition) is 2. The number of H-pyrrole nitrogens is 1. The molecule has 0 radical (unpaired) electrons. The maximum absolute atomic E-state index is 12.8. The van der Waals surface area contributed by atoms with Crippen molar-refractivity contribution in [3.8, 4) is 0 Å². The van der Waals surface area contributed by atoms with Crippen LogP contribution in [0.3, 0.4) is 0 Å². The summed E-state index contributed by atoms with van der Waals surface area (Å²) in [6, 6.07) is 1.63. The Morgan fingerprint density at radius 3 is 2.86 bits per heavy atom. The second kappa shape index (κ2) is 6.63. The second-order valence-electron chi connectivity index (χ2n) is 5.58. The number of nitrogens with zero attached hydrogens (tertiary/aromatic N) is 3. The van der Waals surface area contributed by atoms with Crippen LogP contribution in [0.15, 0.2) is 6.07 Å². The Hall–Kier alpha value is -1.00. The molecule has 1 aromatic heterocycles. The van der Waals surface area contributed by atoms with Crippen molar-refractivity contribution in [1.82, 2.24) is 18.8 Å². The summed E-state index contributed by atoms with van der Waals surface area (Å²) in [5, 5.41) is 16.1. The Kier molecular flexibility index (Phi) is 4.79. The molecular weight excluding hydrogens is 308 g/mol. The molecule has 0 bridgehead atoms. The van der Waals surface area contributed by atoms with Crippen molar-refractivity contribution in [2.75, 3.05) is 39.5 Å². The van der Waals surface area contributed by atoms with Gasteiger partial charge in [-0.3, -0.25) is 5.10 Å². The van der Waals surface area contributed by atoms with Gasteiger partial charge < -0.3 is 9.84 Å². The summed E-state index contributed by atoms with van der Waals surface area (Å²) in [7, 11) is -3.48. The predicted octanol–water partition coefficient (Wildman–Crippen LogP) is -0.342. The Morgan fingerprint density at radius 2 is 2.14 bits per heavy atom. The van der Waals surface area contributed by atoms with Crippen molar-refractivity contribution in [1.29, 1.82) is 0 Å². The summed E-state index contributed by atoms with van der Waals surface area (Å²) in [4.78, 5) is 0. The average molecular weight is 330 g/mol. The normalized spacial score (nSPS) is 24.9. The van der Waals surface area contributed by atoms with Crippen LogP contribution in [0.5, 0.6) is 0 Å². The van der Waals surface area contributed by atoms with E-state index in [1.165, 1.54) is 4.31 Å². The number of hydrogen-bond acceptors (Lipinski definition) is 5. The van der Waals surface area contributed by atoms with Gasteiger partial charge in [0, 0.05) is 38.4 Å². The number of aromatic amines is 1. The molecule has 2 saturated heterocycles. The molecule has 2 aliphatic heterocycles. The third-order valence-electron chi connectivity index (χ3n) is 4.17.